The van der Waals surface area contributed by atoms with E-state index in [1.807, 2.05) is 0 Å². The van der Waals surface area contributed by atoms with E-state index in [0.717, 1.165) is 17.7 Å². The van der Waals surface area contributed by atoms with Crippen LogP contribution < -0.4 is 10.8 Å². The molecule has 74 valence electrons. The van der Waals surface area contributed by atoms with E-state index in [1.54, 1.807) is 0 Å². The third-order valence-electron chi connectivity index (χ3n) is 2.19. The normalized spacial score (nSPS) is 24.5. The average Bonchev–Trinajstić information content (AvgIpc) is 2.16. The van der Waals surface area contributed by atoms with E-state index in [0.29, 0.717) is 13.0 Å². The van der Waals surface area contributed by atoms with Gasteiger partial charge >= 0.3 is 0 Å². The lowest BCUT2D eigenvalue weighted by atomic mass is 10.0. The van der Waals surface area contributed by atoms with E-state index >= 15 is 0 Å². The number of nitrogens with two attached hydrogens (primary N) is 1. The van der Waals surface area contributed by atoms with Crippen molar-refractivity contribution in [1.29, 1.82) is 0 Å². The van der Waals surface area contributed by atoms with Crippen molar-refractivity contribution in [2.75, 3.05) is 6.54 Å². The molecule has 0 aromatic rings. The fourth-order valence-corrected chi connectivity index (χ4v) is 1.52. The Morgan fingerprint density at radius 3 is 2.85 bits per heavy atom. The Balaban J connectivity index is 2.73. The maximum Gasteiger partial charge on any atom is 0.161 e. The van der Waals surface area contributed by atoms with E-state index in [1.165, 1.54) is 0 Å². The summed E-state index contributed by atoms with van der Waals surface area (Å²) in [5.74, 6) is -0.0658. The number of nitrogens with zero attached hydrogens (tertiary/aromatic N) is 2. The van der Waals surface area contributed by atoms with Crippen molar-refractivity contribution in [2.24, 2.45) is 10.9 Å². The summed E-state index contributed by atoms with van der Waals surface area (Å²) < 4.78 is 0. The van der Waals surface area contributed by atoms with Gasteiger partial charge in [-0.1, -0.05) is 5.16 Å². The quantitative estimate of drug-likeness (QED) is 0.235. The number of amidine groups is 1. The summed E-state index contributed by atoms with van der Waals surface area (Å²) in [7, 11) is 0. The van der Waals surface area contributed by atoms with Crippen LogP contribution in [0, 0.1) is 0 Å². The van der Waals surface area contributed by atoms with Crippen LogP contribution >= 0.6 is 0 Å². The van der Waals surface area contributed by atoms with Crippen LogP contribution in [0.25, 0.3) is 0 Å². The highest BCUT2D eigenvalue weighted by atomic mass is 16.4. The first-order chi connectivity index (χ1) is 6.16. The fraction of sp³-hybridized carbons (Fsp3) is 0.714. The first-order valence-corrected chi connectivity index (χ1v) is 4.12. The number of amides is 1. The maximum atomic E-state index is 10.6. The van der Waals surface area contributed by atoms with Crippen molar-refractivity contribution in [3.8, 4) is 0 Å². The Morgan fingerprint density at radius 1 is 1.62 bits per heavy atom. The molecule has 6 nitrogen and oxygen atoms in total. The molecule has 1 heterocycles. The van der Waals surface area contributed by atoms with Gasteiger partial charge in [0, 0.05) is 6.54 Å². The molecule has 3 N–H and O–H groups in total. The molecular formula is C7H12N3O3-. The van der Waals surface area contributed by atoms with Gasteiger partial charge in [-0.3, -0.25) is 0 Å². The van der Waals surface area contributed by atoms with E-state index in [9.17, 15) is 9.90 Å². The highest BCUT2D eigenvalue weighted by Gasteiger charge is 2.25. The van der Waals surface area contributed by atoms with Gasteiger partial charge in [0.25, 0.3) is 0 Å². The summed E-state index contributed by atoms with van der Waals surface area (Å²) in [6, 6.07) is -0.524. The molecule has 0 aromatic heterocycles. The SMILES string of the molecule is N/C(=N\O)[C@@H]1CCCCN1C(=O)[O-]. The minimum atomic E-state index is -1.27. The van der Waals surface area contributed by atoms with Gasteiger partial charge < -0.3 is 25.7 Å². The zero-order valence-electron chi connectivity index (χ0n) is 7.14. The minimum absolute atomic E-state index is 0.0658. The molecule has 0 radical (unpaired) electrons. The van der Waals surface area contributed by atoms with Crippen LogP contribution in [0.4, 0.5) is 4.79 Å². The second-order valence-corrected chi connectivity index (χ2v) is 3.00. The number of carbonyl (C=O) groups is 1. The van der Waals surface area contributed by atoms with E-state index in [-0.39, 0.29) is 5.84 Å². The lowest BCUT2D eigenvalue weighted by Gasteiger charge is -2.36. The number of carbonyl (C=O) groups excluding carboxylic acids is 1. The van der Waals surface area contributed by atoms with E-state index in [4.69, 9.17) is 10.9 Å². The van der Waals surface area contributed by atoms with Crippen molar-refractivity contribution in [3.63, 3.8) is 0 Å². The molecule has 0 bridgehead atoms. The summed E-state index contributed by atoms with van der Waals surface area (Å²) >= 11 is 0. The monoisotopic (exact) mass is 186 g/mol. The van der Waals surface area contributed by atoms with Crippen LogP contribution in [0.5, 0.6) is 0 Å². The molecule has 1 saturated heterocycles. The third kappa shape index (κ3) is 2.01. The Kier molecular flexibility index (Phi) is 2.94. The van der Waals surface area contributed by atoms with Gasteiger partial charge in [-0.15, -0.1) is 0 Å². The topological polar surface area (TPSA) is 102 Å². The third-order valence-corrected chi connectivity index (χ3v) is 2.19. The summed E-state index contributed by atoms with van der Waals surface area (Å²) in [5, 5.41) is 21.8. The van der Waals surface area contributed by atoms with Gasteiger partial charge in [0.15, 0.2) is 5.84 Å². The second-order valence-electron chi connectivity index (χ2n) is 3.00. The Labute approximate surface area is 75.6 Å². The zero-order chi connectivity index (χ0) is 9.84. The molecule has 0 unspecified atom stereocenters. The standard InChI is InChI=1S/C7H13N3O3/c8-6(9-13)5-3-1-2-4-10(5)7(11)12/h5,13H,1-4H2,(H2,8,9)(H,11,12)/p-1/t5-/m0/s1. The molecule has 1 atom stereocenters. The Hall–Kier alpha value is -1.46. The summed E-state index contributed by atoms with van der Waals surface area (Å²) in [5.41, 5.74) is 5.34. The smallest absolute Gasteiger partial charge is 0.161 e. The van der Waals surface area contributed by atoms with Crippen LogP contribution in [0.1, 0.15) is 19.3 Å². The molecule has 0 aliphatic carbocycles. The van der Waals surface area contributed by atoms with Crippen LogP contribution in [-0.4, -0.2) is 34.6 Å². The highest BCUT2D eigenvalue weighted by molar-refractivity contribution is 5.88. The lowest BCUT2D eigenvalue weighted by molar-refractivity contribution is -0.267. The van der Waals surface area contributed by atoms with Crippen molar-refractivity contribution in [1.82, 2.24) is 4.90 Å². The van der Waals surface area contributed by atoms with Gasteiger partial charge in [0.1, 0.15) is 6.09 Å². The van der Waals surface area contributed by atoms with Gasteiger partial charge in [-0.25, -0.2) is 0 Å². The average molecular weight is 186 g/mol. The fourth-order valence-electron chi connectivity index (χ4n) is 1.52. The molecular weight excluding hydrogens is 174 g/mol. The molecule has 13 heavy (non-hydrogen) atoms. The Bertz CT molecular complexity index is 229. The van der Waals surface area contributed by atoms with Crippen molar-refractivity contribution in [3.05, 3.63) is 0 Å². The molecule has 1 fully saturated rings. The minimum Gasteiger partial charge on any atom is -0.530 e. The van der Waals surface area contributed by atoms with Gasteiger partial charge in [0.2, 0.25) is 0 Å². The lowest BCUT2D eigenvalue weighted by Crippen LogP contribution is -2.54. The second kappa shape index (κ2) is 3.97. The van der Waals surface area contributed by atoms with Crippen molar-refractivity contribution < 1.29 is 15.1 Å². The largest absolute Gasteiger partial charge is 0.530 e. The number of hydrogen-bond acceptors (Lipinski definition) is 4. The van der Waals surface area contributed by atoms with Gasteiger partial charge in [-0.2, -0.15) is 0 Å². The first kappa shape index (κ1) is 9.63. The van der Waals surface area contributed by atoms with E-state index < -0.39 is 12.1 Å². The molecule has 0 spiro atoms. The molecule has 1 rings (SSSR count). The highest BCUT2D eigenvalue weighted by Crippen LogP contribution is 2.16. The van der Waals surface area contributed by atoms with Crippen LogP contribution in [0.3, 0.4) is 0 Å². The number of rotatable bonds is 1. The summed E-state index contributed by atoms with van der Waals surface area (Å²) in [4.78, 5) is 11.7. The van der Waals surface area contributed by atoms with E-state index in [2.05, 4.69) is 5.16 Å². The van der Waals surface area contributed by atoms with Crippen LogP contribution in [0.15, 0.2) is 5.16 Å². The molecule has 0 aromatic carbocycles. The van der Waals surface area contributed by atoms with Crippen molar-refractivity contribution in [2.45, 2.75) is 25.3 Å². The number of hydrogen-bond donors (Lipinski definition) is 2. The predicted octanol–water partition coefficient (Wildman–Crippen LogP) is -1.07. The number of likely N-dealkylation sites (tertiary alicyclic amines) is 1. The number of carboxylic acid groups (broad SMARTS) is 1. The van der Waals surface area contributed by atoms with Crippen LogP contribution in [0.2, 0.25) is 0 Å². The zero-order valence-corrected chi connectivity index (χ0v) is 7.14. The number of piperidine rings is 1. The molecule has 1 amide bonds. The van der Waals surface area contributed by atoms with Gasteiger partial charge in [-0.05, 0) is 19.3 Å². The maximum absolute atomic E-state index is 10.6. The Morgan fingerprint density at radius 2 is 2.31 bits per heavy atom. The summed E-state index contributed by atoms with van der Waals surface area (Å²) in [6.07, 6.45) is 0.994. The number of oxime groups is 1. The molecule has 0 saturated carbocycles. The molecule has 1 aliphatic heterocycles. The first-order valence-electron chi connectivity index (χ1n) is 4.12. The van der Waals surface area contributed by atoms with Crippen LogP contribution in [-0.2, 0) is 0 Å². The van der Waals surface area contributed by atoms with Gasteiger partial charge in [0.05, 0.1) is 6.04 Å². The molecule has 6 heteroatoms. The molecule has 1 aliphatic rings. The van der Waals surface area contributed by atoms with Crippen molar-refractivity contribution >= 4 is 11.9 Å². The summed E-state index contributed by atoms with van der Waals surface area (Å²) in [6.45, 7) is 0.392. The predicted molar refractivity (Wildman–Crippen MR) is 43.1 cm³/mol.